The van der Waals surface area contributed by atoms with E-state index < -0.39 is 21.4 Å². The van der Waals surface area contributed by atoms with Crippen molar-refractivity contribution >= 4 is 27.3 Å². The minimum absolute atomic E-state index is 0.159. The first kappa shape index (κ1) is 20.1. The van der Waals surface area contributed by atoms with Gasteiger partial charge >= 0.3 is 0 Å². The van der Waals surface area contributed by atoms with E-state index >= 15 is 0 Å². The van der Waals surface area contributed by atoms with Crippen LogP contribution in [-0.2, 0) is 15.6 Å². The molecule has 0 bridgehead atoms. The van der Waals surface area contributed by atoms with Gasteiger partial charge in [-0.3, -0.25) is 0 Å². The lowest BCUT2D eigenvalue weighted by molar-refractivity contribution is 0.380. The van der Waals surface area contributed by atoms with Gasteiger partial charge in [0.15, 0.2) is 0 Å². The van der Waals surface area contributed by atoms with Crippen molar-refractivity contribution in [1.29, 1.82) is 0 Å². The molecule has 1 aliphatic heterocycles. The van der Waals surface area contributed by atoms with Crippen LogP contribution in [0.2, 0.25) is 0 Å². The first-order valence-electron chi connectivity index (χ1n) is 9.72. The van der Waals surface area contributed by atoms with Crippen LogP contribution >= 0.6 is 11.3 Å². The molecule has 0 radical (unpaired) electrons. The fourth-order valence-electron chi connectivity index (χ4n) is 3.60. The number of sulfonamides is 1. The topological polar surface area (TPSA) is 115 Å². The molecule has 8 nitrogen and oxygen atoms in total. The Morgan fingerprint density at radius 3 is 2.74 bits per heavy atom. The van der Waals surface area contributed by atoms with E-state index in [-0.39, 0.29) is 16.6 Å². The Morgan fingerprint density at radius 1 is 1.29 bits per heavy atom. The molecule has 1 aromatic carbocycles. The van der Waals surface area contributed by atoms with Gasteiger partial charge in [0.05, 0.1) is 10.6 Å². The van der Waals surface area contributed by atoms with Crippen molar-refractivity contribution < 1.29 is 17.3 Å². The largest absolute Gasteiger partial charge is 0.369 e. The summed E-state index contributed by atoms with van der Waals surface area (Å²) in [7, 11) is -2.36. The van der Waals surface area contributed by atoms with Gasteiger partial charge in [-0.15, -0.1) is 11.3 Å². The number of aliphatic imine (C=N–C) groups is 1. The number of aromatic nitrogens is 2. The van der Waals surface area contributed by atoms with E-state index in [2.05, 4.69) is 15.1 Å². The highest BCUT2D eigenvalue weighted by Crippen LogP contribution is 2.42. The maximum atomic E-state index is 15.0. The quantitative estimate of drug-likeness (QED) is 0.638. The summed E-state index contributed by atoms with van der Waals surface area (Å²) < 4.78 is 46.1. The molecule has 2 aromatic heterocycles. The second-order valence-electron chi connectivity index (χ2n) is 8.07. The van der Waals surface area contributed by atoms with E-state index in [1.807, 2.05) is 24.3 Å². The number of hydrogen-bond donors (Lipinski definition) is 1. The van der Waals surface area contributed by atoms with Crippen LogP contribution in [0.1, 0.15) is 36.5 Å². The number of hydrogen-bond acceptors (Lipinski definition) is 8. The predicted molar refractivity (Wildman–Crippen MR) is 116 cm³/mol. The van der Waals surface area contributed by atoms with Crippen molar-refractivity contribution in [3.8, 4) is 21.8 Å². The third kappa shape index (κ3) is 3.51. The Labute approximate surface area is 182 Å². The fraction of sp³-hybridized carbons (Fsp3) is 0.350. The molecule has 0 saturated heterocycles. The Morgan fingerprint density at radius 2 is 2.03 bits per heavy atom. The Kier molecular flexibility index (Phi) is 4.45. The molecule has 1 saturated carbocycles. The third-order valence-corrected chi connectivity index (χ3v) is 8.88. The van der Waals surface area contributed by atoms with E-state index in [0.717, 1.165) is 39.6 Å². The van der Waals surface area contributed by atoms with E-state index in [0.29, 0.717) is 22.5 Å². The third-order valence-electron chi connectivity index (χ3n) is 5.51. The average Bonchev–Trinajstić information content (AvgIpc) is 3.30. The van der Waals surface area contributed by atoms with Crippen LogP contribution in [0.25, 0.3) is 21.8 Å². The molecule has 1 fully saturated rings. The van der Waals surface area contributed by atoms with E-state index in [9.17, 15) is 12.8 Å². The highest BCUT2D eigenvalue weighted by molar-refractivity contribution is 7.89. The molecule has 0 unspecified atom stereocenters. The molecule has 3 aromatic rings. The second kappa shape index (κ2) is 6.86. The molecular weight excluding hydrogens is 441 g/mol. The van der Waals surface area contributed by atoms with Crippen molar-refractivity contribution in [3.05, 3.63) is 46.9 Å². The van der Waals surface area contributed by atoms with Crippen LogP contribution in [-0.4, -0.2) is 41.6 Å². The molecule has 11 heteroatoms. The number of nitrogens with two attached hydrogens (primary N) is 1. The van der Waals surface area contributed by atoms with Gasteiger partial charge in [-0.1, -0.05) is 23.4 Å². The predicted octanol–water partition coefficient (Wildman–Crippen LogP) is 3.29. The van der Waals surface area contributed by atoms with Crippen LogP contribution < -0.4 is 5.73 Å². The lowest BCUT2D eigenvalue weighted by Crippen LogP contribution is -2.50. The van der Waals surface area contributed by atoms with Gasteiger partial charge in [0.25, 0.3) is 0 Å². The smallest absolute Gasteiger partial charge is 0.239 e. The van der Waals surface area contributed by atoms with E-state index in [4.69, 9.17) is 10.3 Å². The van der Waals surface area contributed by atoms with Crippen molar-refractivity contribution in [2.75, 3.05) is 12.8 Å². The molecule has 162 valence electrons. The summed E-state index contributed by atoms with van der Waals surface area (Å²) >= 11 is 1.16. The molecule has 2 N–H and O–H groups in total. The van der Waals surface area contributed by atoms with Gasteiger partial charge in [0, 0.05) is 23.4 Å². The molecule has 1 aliphatic carbocycles. The van der Waals surface area contributed by atoms with Crippen LogP contribution in [0.5, 0.6) is 0 Å². The zero-order chi connectivity index (χ0) is 22.0. The molecule has 0 spiro atoms. The highest BCUT2D eigenvalue weighted by atomic mass is 32.2. The lowest BCUT2D eigenvalue weighted by Gasteiger charge is -2.33. The van der Waals surface area contributed by atoms with Gasteiger partial charge in [-0.05, 0) is 37.5 Å². The number of nitrogens with zero attached hydrogens (tertiary/aromatic N) is 4. The Bertz CT molecular complexity index is 1310. The summed E-state index contributed by atoms with van der Waals surface area (Å²) in [4.78, 5) is 9.63. The summed E-state index contributed by atoms with van der Waals surface area (Å²) in [5.41, 5.74) is 6.03. The maximum absolute atomic E-state index is 15.0. The van der Waals surface area contributed by atoms with Crippen molar-refractivity contribution in [1.82, 2.24) is 14.4 Å². The maximum Gasteiger partial charge on any atom is 0.239 e. The molecular formula is C20H20FN5O3S2. The van der Waals surface area contributed by atoms with Crippen molar-refractivity contribution in [3.63, 3.8) is 0 Å². The summed E-state index contributed by atoms with van der Waals surface area (Å²) in [6, 6.07) is 8.82. The zero-order valence-electron chi connectivity index (χ0n) is 16.9. The van der Waals surface area contributed by atoms with Crippen LogP contribution in [0.15, 0.2) is 39.8 Å². The Hall–Kier alpha value is -2.79. The zero-order valence-corrected chi connectivity index (χ0v) is 18.5. The summed E-state index contributed by atoms with van der Waals surface area (Å²) in [6.07, 6.45) is 2.13. The SMILES string of the molecule is CN1C(N)=N[C@](C)(c2sc(-c3cccc(-c4noc(C5CC5)n4)c3)cc2F)CS1(=O)=O. The van der Waals surface area contributed by atoms with Crippen LogP contribution in [0, 0.1) is 5.82 Å². The summed E-state index contributed by atoms with van der Waals surface area (Å²) in [5.74, 6) is 0.468. The number of thiophene rings is 1. The van der Waals surface area contributed by atoms with Gasteiger partial charge in [-0.2, -0.15) is 4.98 Å². The molecule has 5 rings (SSSR count). The van der Waals surface area contributed by atoms with Crippen molar-refractivity contribution in [2.45, 2.75) is 31.2 Å². The Balaban J connectivity index is 1.51. The van der Waals surface area contributed by atoms with Crippen molar-refractivity contribution in [2.24, 2.45) is 10.7 Å². The van der Waals surface area contributed by atoms with E-state index in [1.54, 1.807) is 6.92 Å². The molecule has 2 aliphatic rings. The van der Waals surface area contributed by atoms with Gasteiger partial charge in [0.2, 0.25) is 27.7 Å². The van der Waals surface area contributed by atoms with Crippen LogP contribution in [0.4, 0.5) is 4.39 Å². The summed E-state index contributed by atoms with van der Waals surface area (Å²) in [6.45, 7) is 1.58. The lowest BCUT2D eigenvalue weighted by atomic mass is 10.0. The fourth-order valence-corrected chi connectivity index (χ4v) is 6.26. The van der Waals surface area contributed by atoms with Crippen LogP contribution in [0.3, 0.4) is 0 Å². The second-order valence-corrected chi connectivity index (χ2v) is 11.1. The first-order valence-corrected chi connectivity index (χ1v) is 12.1. The molecule has 31 heavy (non-hydrogen) atoms. The highest BCUT2D eigenvalue weighted by Gasteiger charge is 2.43. The standard InChI is InChI=1S/C20H20FN5O3S2/c1-20(10-31(27,28)26(2)19(22)24-20)16-14(21)9-15(30-16)12-4-3-5-13(8-12)17-23-18(29-25-17)11-6-7-11/h3-5,8-9,11H,6-7,10H2,1-2H3,(H2,22,24)/t20-/m0/s1. The minimum atomic E-state index is -3.69. The number of rotatable bonds is 4. The average molecular weight is 462 g/mol. The number of guanidine groups is 1. The van der Waals surface area contributed by atoms with Gasteiger partial charge < -0.3 is 10.3 Å². The molecule has 3 heterocycles. The molecule has 1 atom stereocenters. The van der Waals surface area contributed by atoms with Gasteiger partial charge in [0.1, 0.15) is 11.4 Å². The number of benzene rings is 1. The minimum Gasteiger partial charge on any atom is -0.369 e. The molecule has 0 amide bonds. The normalized spacial score (nSPS) is 23.1. The monoisotopic (exact) mass is 461 g/mol. The summed E-state index contributed by atoms with van der Waals surface area (Å²) in [5, 5.41) is 4.06. The first-order chi connectivity index (χ1) is 14.7. The van der Waals surface area contributed by atoms with E-state index in [1.165, 1.54) is 13.1 Å². The number of halogens is 1. The van der Waals surface area contributed by atoms with Gasteiger partial charge in [-0.25, -0.2) is 22.1 Å².